The number of hydrogen-bond acceptors (Lipinski definition) is 5. The largest absolute Gasteiger partial charge is 0.465 e. The van der Waals surface area contributed by atoms with Crippen LogP contribution in [0.3, 0.4) is 0 Å². The lowest BCUT2D eigenvalue weighted by Crippen LogP contribution is -2.33. The summed E-state index contributed by atoms with van der Waals surface area (Å²) in [5.74, 6) is -0.491. The van der Waals surface area contributed by atoms with Gasteiger partial charge < -0.3 is 24.8 Å². The lowest BCUT2D eigenvalue weighted by atomic mass is 10.0. The van der Waals surface area contributed by atoms with Crippen molar-refractivity contribution in [3.8, 4) is 5.69 Å². The summed E-state index contributed by atoms with van der Waals surface area (Å²) >= 11 is 5.79. The number of carbonyl (C=O) groups excluding carboxylic acids is 2. The Labute approximate surface area is 232 Å². The van der Waals surface area contributed by atoms with Crippen LogP contribution in [0.25, 0.3) is 5.69 Å². The number of pyridine rings is 1. The zero-order valence-electron chi connectivity index (χ0n) is 21.7. The fraction of sp³-hybridized carbons (Fsp3) is 0.200. The number of ether oxygens (including phenoxy) is 1. The topological polar surface area (TPSA) is 88.5 Å². The number of thiocarbonyl (C=S) groups is 1. The molecule has 4 aromatic rings. The minimum Gasteiger partial charge on any atom is -0.465 e. The molecule has 2 aromatic carbocycles. The summed E-state index contributed by atoms with van der Waals surface area (Å²) in [5, 5.41) is 7.00. The summed E-state index contributed by atoms with van der Waals surface area (Å²) in [4.78, 5) is 31.8. The van der Waals surface area contributed by atoms with Gasteiger partial charge in [0.25, 0.3) is 0 Å². The molecule has 1 aliphatic rings. The molecule has 0 spiro atoms. The van der Waals surface area contributed by atoms with E-state index in [1.807, 2.05) is 89.3 Å². The van der Waals surface area contributed by atoms with E-state index in [9.17, 15) is 9.59 Å². The van der Waals surface area contributed by atoms with E-state index < -0.39 is 5.97 Å². The van der Waals surface area contributed by atoms with Crippen molar-refractivity contribution in [3.05, 3.63) is 114 Å². The Balaban J connectivity index is 1.46. The molecule has 2 unspecified atom stereocenters. The second kappa shape index (κ2) is 11.5. The molecule has 3 heterocycles. The zero-order valence-corrected chi connectivity index (χ0v) is 22.5. The third-order valence-electron chi connectivity index (χ3n) is 6.83. The van der Waals surface area contributed by atoms with Crippen LogP contribution in [0.15, 0.2) is 91.3 Å². The molecule has 0 radical (unpaired) electrons. The number of esters is 1. The van der Waals surface area contributed by atoms with Crippen molar-refractivity contribution in [3.63, 3.8) is 0 Å². The molecule has 5 rings (SSSR count). The Hall–Kier alpha value is -4.50. The molecule has 9 heteroatoms. The Morgan fingerprint density at radius 2 is 1.87 bits per heavy atom. The molecule has 2 aromatic heterocycles. The number of aromatic nitrogens is 2. The minimum atomic E-state index is -0.401. The molecule has 1 saturated heterocycles. The van der Waals surface area contributed by atoms with Crippen molar-refractivity contribution in [2.75, 3.05) is 19.0 Å². The third kappa shape index (κ3) is 5.53. The van der Waals surface area contributed by atoms with Crippen LogP contribution in [-0.2, 0) is 9.53 Å². The highest BCUT2D eigenvalue weighted by Gasteiger charge is 2.41. The quantitative estimate of drug-likeness (QED) is 0.241. The highest BCUT2D eigenvalue weighted by atomic mass is 32.1. The number of aryl methyl sites for hydroxylation is 1. The molecule has 1 fully saturated rings. The van der Waals surface area contributed by atoms with Crippen molar-refractivity contribution < 1.29 is 14.3 Å². The Morgan fingerprint density at radius 3 is 2.64 bits per heavy atom. The van der Waals surface area contributed by atoms with Crippen LogP contribution >= 0.6 is 12.2 Å². The first kappa shape index (κ1) is 26.1. The molecular weight excluding hydrogens is 510 g/mol. The SMILES string of the molecule is COC(=O)c1cccc(-n2cccc2C2C(c3ccccn3)NC(=S)N2CCC(=O)Nc2ccccc2C)c1. The van der Waals surface area contributed by atoms with Crippen LogP contribution in [0.2, 0.25) is 0 Å². The molecule has 8 nitrogen and oxygen atoms in total. The maximum atomic E-state index is 12.9. The van der Waals surface area contributed by atoms with Crippen LogP contribution in [0.4, 0.5) is 5.69 Å². The maximum Gasteiger partial charge on any atom is 0.337 e. The number of amides is 1. The summed E-state index contributed by atoms with van der Waals surface area (Å²) in [6.07, 6.45) is 3.96. The van der Waals surface area contributed by atoms with Gasteiger partial charge in [-0.1, -0.05) is 30.3 Å². The number of benzene rings is 2. The zero-order chi connectivity index (χ0) is 27.4. The molecule has 0 bridgehead atoms. The van der Waals surface area contributed by atoms with Crippen LogP contribution in [0.1, 0.15) is 45.8 Å². The lowest BCUT2D eigenvalue weighted by molar-refractivity contribution is -0.116. The normalized spacial score (nSPS) is 16.6. The van der Waals surface area contributed by atoms with Crippen LogP contribution in [0.5, 0.6) is 0 Å². The van der Waals surface area contributed by atoms with Crippen molar-refractivity contribution in [2.45, 2.75) is 25.4 Å². The summed E-state index contributed by atoms with van der Waals surface area (Å²) in [5.41, 5.74) is 4.86. The van der Waals surface area contributed by atoms with E-state index in [1.165, 1.54) is 7.11 Å². The molecule has 2 atom stereocenters. The van der Waals surface area contributed by atoms with E-state index >= 15 is 0 Å². The van der Waals surface area contributed by atoms with Crippen LogP contribution in [-0.4, -0.2) is 45.1 Å². The van der Waals surface area contributed by atoms with Gasteiger partial charge in [-0.15, -0.1) is 0 Å². The predicted molar refractivity (Wildman–Crippen MR) is 154 cm³/mol. The number of anilines is 1. The van der Waals surface area contributed by atoms with E-state index in [4.69, 9.17) is 17.0 Å². The third-order valence-corrected chi connectivity index (χ3v) is 7.18. The van der Waals surface area contributed by atoms with E-state index in [1.54, 1.807) is 18.3 Å². The number of rotatable bonds is 8. The van der Waals surface area contributed by atoms with Gasteiger partial charge in [0.05, 0.1) is 30.5 Å². The fourth-order valence-corrected chi connectivity index (χ4v) is 5.22. The van der Waals surface area contributed by atoms with Crippen molar-refractivity contribution >= 4 is 34.9 Å². The Bertz CT molecular complexity index is 1500. The average molecular weight is 540 g/mol. The fourth-order valence-electron chi connectivity index (χ4n) is 4.89. The molecular formula is C30H29N5O3S. The summed E-state index contributed by atoms with van der Waals surface area (Å²) in [6.45, 7) is 2.37. The molecule has 198 valence electrons. The highest BCUT2D eigenvalue weighted by Crippen LogP contribution is 2.39. The summed E-state index contributed by atoms with van der Waals surface area (Å²) in [6, 6.07) is 24.3. The van der Waals surface area contributed by atoms with Gasteiger partial charge in [-0.2, -0.15) is 0 Å². The maximum absolute atomic E-state index is 12.9. The molecule has 0 aliphatic carbocycles. The second-order valence-corrected chi connectivity index (χ2v) is 9.66. The second-order valence-electron chi connectivity index (χ2n) is 9.28. The van der Waals surface area contributed by atoms with E-state index in [0.29, 0.717) is 17.2 Å². The number of nitrogens with one attached hydrogen (secondary N) is 2. The van der Waals surface area contributed by atoms with Crippen molar-refractivity contribution in [1.82, 2.24) is 19.8 Å². The first-order valence-corrected chi connectivity index (χ1v) is 13.1. The number of hydrogen-bond donors (Lipinski definition) is 2. The van der Waals surface area contributed by atoms with E-state index in [-0.39, 0.29) is 24.4 Å². The molecule has 1 amide bonds. The van der Waals surface area contributed by atoms with Gasteiger partial charge in [0.1, 0.15) is 0 Å². The molecule has 2 N–H and O–H groups in total. The van der Waals surface area contributed by atoms with Gasteiger partial charge in [-0.3, -0.25) is 9.78 Å². The van der Waals surface area contributed by atoms with E-state index in [2.05, 4.69) is 15.6 Å². The first-order chi connectivity index (χ1) is 19.0. The molecule has 0 saturated carbocycles. The average Bonchev–Trinajstić information content (AvgIpc) is 3.57. The smallest absolute Gasteiger partial charge is 0.337 e. The van der Waals surface area contributed by atoms with Gasteiger partial charge in [0.2, 0.25) is 5.91 Å². The Kier molecular flexibility index (Phi) is 7.69. The van der Waals surface area contributed by atoms with Gasteiger partial charge in [0, 0.05) is 42.4 Å². The Morgan fingerprint density at radius 1 is 1.05 bits per heavy atom. The first-order valence-electron chi connectivity index (χ1n) is 12.7. The monoisotopic (exact) mass is 539 g/mol. The standard InChI is InChI=1S/C30H29N5O3S/c1-20-9-3-4-12-23(20)32-26(36)15-18-35-28(27(33-30(35)39)24-13-5-6-16-31-24)25-14-8-17-34(25)22-11-7-10-21(19-22)29(37)38-2/h3-14,16-17,19,27-28H,15,18H2,1-2H3,(H,32,36)(H,33,39). The van der Waals surface area contributed by atoms with Gasteiger partial charge in [0.15, 0.2) is 5.11 Å². The van der Waals surface area contributed by atoms with Gasteiger partial charge >= 0.3 is 5.97 Å². The summed E-state index contributed by atoms with van der Waals surface area (Å²) in [7, 11) is 1.37. The molecule has 1 aliphatic heterocycles. The summed E-state index contributed by atoms with van der Waals surface area (Å²) < 4.78 is 6.95. The lowest BCUT2D eigenvalue weighted by Gasteiger charge is -2.29. The predicted octanol–water partition coefficient (Wildman–Crippen LogP) is 4.97. The van der Waals surface area contributed by atoms with Gasteiger partial charge in [-0.25, -0.2) is 4.79 Å². The van der Waals surface area contributed by atoms with Crippen molar-refractivity contribution in [1.29, 1.82) is 0 Å². The molecule has 39 heavy (non-hydrogen) atoms. The highest BCUT2D eigenvalue weighted by molar-refractivity contribution is 7.80. The number of methoxy groups -OCH3 is 1. The van der Waals surface area contributed by atoms with Gasteiger partial charge in [-0.05, 0) is 73.2 Å². The van der Waals surface area contributed by atoms with Crippen LogP contribution in [0, 0.1) is 6.92 Å². The van der Waals surface area contributed by atoms with E-state index in [0.717, 1.165) is 28.3 Å². The number of carbonyl (C=O) groups is 2. The minimum absolute atomic E-state index is 0.0895. The number of para-hydroxylation sites is 1. The van der Waals surface area contributed by atoms with Crippen LogP contribution < -0.4 is 10.6 Å². The van der Waals surface area contributed by atoms with Crippen molar-refractivity contribution in [2.24, 2.45) is 0 Å². The number of nitrogens with zero attached hydrogens (tertiary/aromatic N) is 3.